The molecule has 3 aromatic carbocycles. The summed E-state index contributed by atoms with van der Waals surface area (Å²) in [6, 6.07) is 18.9. The maximum atomic E-state index is 13.4. The largest absolute Gasteiger partial charge is 0.453 e. The monoisotopic (exact) mass is 732 g/mol. The molecule has 0 radical (unpaired) electrons. The van der Waals surface area contributed by atoms with Gasteiger partial charge in [-0.15, -0.1) is 0 Å². The van der Waals surface area contributed by atoms with Gasteiger partial charge in [-0.3, -0.25) is 9.59 Å². The van der Waals surface area contributed by atoms with E-state index >= 15 is 0 Å². The molecule has 4 aliphatic heterocycles. The minimum absolute atomic E-state index is 0.0902. The normalized spacial score (nSPS) is 25.1. The highest BCUT2D eigenvalue weighted by atomic mass is 16.5. The molecule has 0 spiro atoms. The summed E-state index contributed by atoms with van der Waals surface area (Å²) in [5.74, 6) is 1.09. The number of amides is 4. The van der Waals surface area contributed by atoms with E-state index in [4.69, 9.17) is 24.2 Å². The molecule has 5 aromatic rings. The molecular weight excluding hydrogens is 692 g/mol. The molecule has 4 aliphatic rings. The van der Waals surface area contributed by atoms with Gasteiger partial charge in [0.15, 0.2) is 0 Å². The van der Waals surface area contributed by atoms with Crippen molar-refractivity contribution >= 4 is 46.1 Å². The Kier molecular flexibility index (Phi) is 8.44. The Bertz CT molecular complexity index is 2130. The molecule has 4 amide bonds. The number of H-pyrrole nitrogens is 2. The third kappa shape index (κ3) is 5.88. The average Bonchev–Trinajstić information content (AvgIpc) is 4.00. The van der Waals surface area contributed by atoms with Gasteiger partial charge >= 0.3 is 12.2 Å². The molecule has 6 heterocycles. The van der Waals surface area contributed by atoms with E-state index in [0.717, 1.165) is 69.4 Å². The van der Waals surface area contributed by atoms with Gasteiger partial charge < -0.3 is 44.6 Å². The highest BCUT2D eigenvalue weighted by Gasteiger charge is 2.47. The quantitative estimate of drug-likeness (QED) is 0.185. The smallest absolute Gasteiger partial charge is 0.407 e. The van der Waals surface area contributed by atoms with E-state index in [0.29, 0.717) is 31.7 Å². The van der Waals surface area contributed by atoms with Gasteiger partial charge in [-0.1, -0.05) is 36.4 Å². The van der Waals surface area contributed by atoms with Gasteiger partial charge in [0.1, 0.15) is 36.0 Å². The zero-order valence-electron chi connectivity index (χ0n) is 29.8. The van der Waals surface area contributed by atoms with Crippen LogP contribution in [-0.2, 0) is 23.8 Å². The lowest BCUT2D eigenvalue weighted by atomic mass is 9.98. The van der Waals surface area contributed by atoms with Crippen LogP contribution in [0.2, 0.25) is 0 Å². The number of hydrogen-bond donors (Lipinski definition) is 4. The average molecular weight is 733 g/mol. The third-order valence-electron chi connectivity index (χ3n) is 11.3. The lowest BCUT2D eigenvalue weighted by Gasteiger charge is -2.37. The molecule has 15 nitrogen and oxygen atoms in total. The zero-order valence-corrected chi connectivity index (χ0v) is 29.8. The topological polar surface area (TPSA) is 184 Å². The number of carbonyl (C=O) groups is 4. The molecule has 4 saturated heterocycles. The van der Waals surface area contributed by atoms with Gasteiger partial charge in [-0.05, 0) is 85.0 Å². The highest BCUT2D eigenvalue weighted by molar-refractivity contribution is 5.89. The zero-order chi connectivity index (χ0) is 37.1. The summed E-state index contributed by atoms with van der Waals surface area (Å²) in [4.78, 5) is 70.6. The predicted octanol–water partition coefficient (Wildman–Crippen LogP) is 5.07. The highest BCUT2D eigenvalue weighted by Crippen LogP contribution is 2.41. The SMILES string of the molecule is COC(=O)N[C@H]1CC[C@H]2CC[C@@H](c3nc4ccc(-c5ccc(-c6ccc7nc([C@@H]8CO[C@@H]9CC[C@H](NC(=O)OC)C(=O)N98)[nH]c7c6)cc5)cc4[nH]3)N2C1=O. The van der Waals surface area contributed by atoms with Crippen LogP contribution in [0, 0.1) is 0 Å². The molecule has 15 heteroatoms. The first kappa shape index (κ1) is 33.8. The van der Waals surface area contributed by atoms with E-state index in [1.807, 2.05) is 23.1 Å². The van der Waals surface area contributed by atoms with E-state index in [-0.39, 0.29) is 30.1 Å². The molecule has 2 aromatic heterocycles. The fourth-order valence-corrected chi connectivity index (χ4v) is 8.59. The van der Waals surface area contributed by atoms with Crippen molar-refractivity contribution in [2.24, 2.45) is 0 Å². The molecule has 6 atom stereocenters. The number of benzene rings is 3. The molecular formula is C39H40N8O7. The van der Waals surface area contributed by atoms with Crippen LogP contribution >= 0.6 is 0 Å². The summed E-state index contributed by atoms with van der Waals surface area (Å²) in [5.41, 5.74) is 7.49. The fraction of sp³-hybridized carbons (Fsp3) is 0.385. The van der Waals surface area contributed by atoms with E-state index in [1.54, 1.807) is 4.90 Å². The number of alkyl carbamates (subject to hydrolysis) is 2. The number of rotatable bonds is 6. The lowest BCUT2D eigenvalue weighted by Crippen LogP contribution is -2.54. The molecule has 4 fully saturated rings. The predicted molar refractivity (Wildman–Crippen MR) is 196 cm³/mol. The molecule has 0 saturated carbocycles. The van der Waals surface area contributed by atoms with Crippen molar-refractivity contribution < 1.29 is 33.4 Å². The second-order valence-corrected chi connectivity index (χ2v) is 14.4. The number of nitrogens with zero attached hydrogens (tertiary/aromatic N) is 4. The second-order valence-electron chi connectivity index (χ2n) is 14.4. The van der Waals surface area contributed by atoms with Gasteiger partial charge in [0.25, 0.3) is 0 Å². The number of nitrogens with one attached hydrogen (secondary N) is 4. The van der Waals surface area contributed by atoms with Crippen LogP contribution in [0.5, 0.6) is 0 Å². The van der Waals surface area contributed by atoms with Crippen LogP contribution in [0.3, 0.4) is 0 Å². The van der Waals surface area contributed by atoms with E-state index in [1.165, 1.54) is 14.2 Å². The standard InChI is InChI=1S/C39H40N8O7/c1-52-38(50)44-27-13-9-24-10-15-31(46(24)36(27)48)34-40-25-11-7-22(17-29(25)42-34)20-3-5-21(6-4-20)23-8-12-26-30(18-23)43-35(41-26)32-19-54-33-16-14-28(37(49)47(32)33)45-39(51)53-2/h3-8,11-12,17-18,24,27-28,31-33H,9-10,13-16,19H2,1-2H3,(H,40,42)(H,41,43)(H,44,50)(H,45,51)/t24-,27-,28-,31-,32-,33+/m0/s1. The summed E-state index contributed by atoms with van der Waals surface area (Å²) in [6.45, 7) is 0.316. The van der Waals surface area contributed by atoms with Crippen molar-refractivity contribution in [2.75, 3.05) is 20.8 Å². The van der Waals surface area contributed by atoms with Gasteiger partial charge in [0.05, 0.1) is 48.9 Å². The number of aromatic amines is 2. The molecule has 4 N–H and O–H groups in total. The van der Waals surface area contributed by atoms with Gasteiger partial charge in [0.2, 0.25) is 11.8 Å². The van der Waals surface area contributed by atoms with E-state index in [2.05, 4.69) is 63.1 Å². The van der Waals surface area contributed by atoms with Crippen LogP contribution in [0.4, 0.5) is 9.59 Å². The Balaban J connectivity index is 0.911. The van der Waals surface area contributed by atoms with Crippen molar-refractivity contribution in [1.29, 1.82) is 0 Å². The van der Waals surface area contributed by atoms with E-state index < -0.39 is 30.3 Å². The van der Waals surface area contributed by atoms with Crippen LogP contribution in [-0.4, -0.2) is 98.9 Å². The molecule has 0 aliphatic carbocycles. The number of carbonyl (C=O) groups excluding carboxylic acids is 4. The van der Waals surface area contributed by atoms with Crippen molar-refractivity contribution in [2.45, 2.75) is 75.0 Å². The van der Waals surface area contributed by atoms with Crippen molar-refractivity contribution in [3.8, 4) is 22.3 Å². The minimum atomic E-state index is -0.671. The number of methoxy groups -OCH3 is 2. The summed E-state index contributed by atoms with van der Waals surface area (Å²) in [5, 5.41) is 5.33. The van der Waals surface area contributed by atoms with Gasteiger partial charge in [-0.2, -0.15) is 0 Å². The lowest BCUT2D eigenvalue weighted by molar-refractivity contribution is -0.145. The first-order valence-electron chi connectivity index (χ1n) is 18.3. The van der Waals surface area contributed by atoms with Crippen LogP contribution in [0.1, 0.15) is 62.3 Å². The Labute approximate surface area is 309 Å². The first-order valence-corrected chi connectivity index (χ1v) is 18.3. The molecule has 9 rings (SSSR count). The number of piperidine rings is 2. The Morgan fingerprint density at radius 3 is 1.74 bits per heavy atom. The van der Waals surface area contributed by atoms with Crippen molar-refractivity contribution in [3.63, 3.8) is 0 Å². The summed E-state index contributed by atoms with van der Waals surface area (Å²) in [7, 11) is 2.57. The van der Waals surface area contributed by atoms with Gasteiger partial charge in [-0.25, -0.2) is 19.6 Å². The Morgan fingerprint density at radius 1 is 0.667 bits per heavy atom. The van der Waals surface area contributed by atoms with Crippen molar-refractivity contribution in [1.82, 2.24) is 40.4 Å². The molecule has 0 unspecified atom stereocenters. The summed E-state index contributed by atoms with van der Waals surface area (Å²) < 4.78 is 15.4. The Hall–Kier alpha value is -5.96. The molecule has 278 valence electrons. The number of hydrogen-bond acceptors (Lipinski definition) is 9. The van der Waals surface area contributed by atoms with Gasteiger partial charge in [0, 0.05) is 6.04 Å². The maximum absolute atomic E-state index is 13.4. The second kappa shape index (κ2) is 13.5. The number of aromatic nitrogens is 4. The minimum Gasteiger partial charge on any atom is -0.453 e. The molecule has 0 bridgehead atoms. The number of fused-ring (bicyclic) bond motifs is 4. The third-order valence-corrected chi connectivity index (χ3v) is 11.3. The van der Waals surface area contributed by atoms with Crippen LogP contribution in [0.15, 0.2) is 60.7 Å². The Morgan fingerprint density at radius 2 is 1.17 bits per heavy atom. The fourth-order valence-electron chi connectivity index (χ4n) is 8.59. The maximum Gasteiger partial charge on any atom is 0.407 e. The summed E-state index contributed by atoms with van der Waals surface area (Å²) >= 11 is 0. The molecule has 54 heavy (non-hydrogen) atoms. The summed E-state index contributed by atoms with van der Waals surface area (Å²) in [6.07, 6.45) is 2.63. The first-order chi connectivity index (χ1) is 26.3. The van der Waals surface area contributed by atoms with Crippen molar-refractivity contribution in [3.05, 3.63) is 72.3 Å². The number of imidazole rings is 2. The van der Waals surface area contributed by atoms with Crippen LogP contribution < -0.4 is 10.6 Å². The van der Waals surface area contributed by atoms with Crippen LogP contribution in [0.25, 0.3) is 44.3 Å². The number of ether oxygens (including phenoxy) is 3. The van der Waals surface area contributed by atoms with E-state index in [9.17, 15) is 19.2 Å².